The molecule has 0 aromatic heterocycles. The summed E-state index contributed by atoms with van der Waals surface area (Å²) in [6.45, 7) is 0. The predicted molar refractivity (Wildman–Crippen MR) is 80.0 cm³/mol. The maximum absolute atomic E-state index is 8.55. The first-order valence-electron chi connectivity index (χ1n) is 5.30. The molecule has 0 saturated heterocycles. The molecule has 0 amide bonds. The molecule has 19 nitrogen and oxygen atoms in total. The number of amidine groups is 6. The quantitative estimate of drug-likeness (QED) is 0.101. The van der Waals surface area contributed by atoms with E-state index in [0.29, 0.717) is 0 Å². The summed E-state index contributed by atoms with van der Waals surface area (Å²) in [5.74, 6) is 0. The van der Waals surface area contributed by atoms with Gasteiger partial charge in [0.1, 0.15) is 0 Å². The van der Waals surface area contributed by atoms with Gasteiger partial charge in [-0.2, -0.15) is 7.82 Å². The van der Waals surface area contributed by atoms with E-state index in [1.54, 1.807) is 0 Å². The molecular formula is C6H21N12O7P. The van der Waals surface area contributed by atoms with Gasteiger partial charge in [-0.3, -0.25) is 49.7 Å². The van der Waals surface area contributed by atoms with E-state index in [1.165, 1.54) is 0 Å². The predicted octanol–water partition coefficient (Wildman–Crippen LogP) is -11.9. The maximum atomic E-state index is 8.55. The van der Waals surface area contributed by atoms with Gasteiger partial charge < -0.3 is 50.7 Å². The molecule has 0 rings (SSSR count). The highest BCUT2D eigenvalue weighted by Crippen LogP contribution is 2.03. The summed E-state index contributed by atoms with van der Waals surface area (Å²) in [4.78, 5) is 25.6. The van der Waals surface area contributed by atoms with Crippen molar-refractivity contribution in [2.24, 2.45) is 34.4 Å². The minimum atomic E-state index is -5.39. The molecule has 0 heterocycles. The van der Waals surface area contributed by atoms with Crippen LogP contribution in [0, 0.1) is 16.2 Å². The Morgan fingerprint density at radius 1 is 0.654 bits per heavy atom. The van der Waals surface area contributed by atoms with Crippen molar-refractivity contribution < 1.29 is 49.7 Å². The number of nitrogens with two attached hydrogens (primary N) is 9. The van der Waals surface area contributed by atoms with E-state index in [2.05, 4.69) is 31.4 Å². The second kappa shape index (κ2) is 16.2. The summed E-state index contributed by atoms with van der Waals surface area (Å²) < 4.78 is 20.8. The van der Waals surface area contributed by atoms with Crippen molar-refractivity contribution in [3.8, 4) is 0 Å². The lowest BCUT2D eigenvalue weighted by Crippen LogP contribution is -2.49. The van der Waals surface area contributed by atoms with E-state index >= 15 is 0 Å². The summed E-state index contributed by atoms with van der Waals surface area (Å²) >= 11 is 0. The van der Waals surface area contributed by atoms with Crippen molar-refractivity contribution >= 4 is 44.0 Å². The largest absolute Gasteiger partial charge is 0.822 e. The van der Waals surface area contributed by atoms with E-state index in [-0.39, 0.29) is 18.1 Å². The molecule has 26 heavy (non-hydrogen) atoms. The molecule has 20 heteroatoms. The van der Waals surface area contributed by atoms with E-state index in [9.17, 15) is 0 Å². The molecule has 0 aliphatic heterocycles. The van der Waals surface area contributed by atoms with Crippen LogP contribution in [0.5, 0.6) is 0 Å². The molecule has 21 N–H and O–H groups in total. The monoisotopic (exact) mass is 404 g/mol. The molecule has 0 aromatic rings. The van der Waals surface area contributed by atoms with Gasteiger partial charge >= 0.3 is 18.1 Å². The fourth-order valence-corrected chi connectivity index (χ4v) is 0.381. The normalized spacial score (nSPS) is 8.27. The molecule has 0 bridgehead atoms. The van der Waals surface area contributed by atoms with E-state index < -0.39 is 25.9 Å². The average Bonchev–Trinajstić information content (AvgIpc) is 2.20. The number of rotatable bonds is 0. The molecule has 0 aliphatic carbocycles. The van der Waals surface area contributed by atoms with Gasteiger partial charge in [-0.15, -0.1) is 0 Å². The van der Waals surface area contributed by atoms with Crippen molar-refractivity contribution in [3.63, 3.8) is 0 Å². The van der Waals surface area contributed by atoms with Gasteiger partial charge in [-0.1, -0.05) is 0 Å². The van der Waals surface area contributed by atoms with Crippen LogP contribution in [0.3, 0.4) is 0 Å². The van der Waals surface area contributed by atoms with Crippen LogP contribution in [-0.2, 0) is 18.8 Å². The van der Waals surface area contributed by atoms with Crippen molar-refractivity contribution in [3.05, 3.63) is 0 Å². The summed E-state index contributed by atoms with van der Waals surface area (Å²) in [7, 11) is -5.39. The first kappa shape index (κ1) is 30.2. The van der Waals surface area contributed by atoms with E-state index in [0.717, 1.165) is 0 Å². The van der Waals surface area contributed by atoms with Crippen LogP contribution in [0.15, 0.2) is 0 Å². The van der Waals surface area contributed by atoms with Crippen LogP contribution in [0.2, 0.25) is 0 Å². The third-order valence-corrected chi connectivity index (χ3v) is 0.683. The third-order valence-electron chi connectivity index (χ3n) is 0.683. The third kappa shape index (κ3) is 109. The Bertz CT molecular complexity index is 452. The lowest BCUT2D eigenvalue weighted by molar-refractivity contribution is -0.432. The van der Waals surface area contributed by atoms with Crippen molar-refractivity contribution in [1.29, 1.82) is 16.2 Å². The second-order valence-electron chi connectivity index (χ2n) is 3.05. The Labute approximate surface area is 145 Å². The number of hydrogen-bond acceptors (Lipinski definition) is 10. The SMILES string of the molecule is N=C(N)OC(N)=[NH2+].N=C(N)OC(N)=[NH2+].N=C(N)OC(N)=[NH2+].O=P([O-])([O-])[O-]. The van der Waals surface area contributed by atoms with Gasteiger partial charge in [0.25, 0.3) is 18.1 Å². The van der Waals surface area contributed by atoms with Crippen molar-refractivity contribution in [2.45, 2.75) is 0 Å². The minimum Gasteiger partial charge on any atom is -0.822 e. The summed E-state index contributed by atoms with van der Waals surface area (Å²) in [6, 6.07) is -2.44. The van der Waals surface area contributed by atoms with Crippen LogP contribution >= 0.6 is 7.82 Å². The fourth-order valence-electron chi connectivity index (χ4n) is 0.381. The Balaban J connectivity index is -0.000000125. The molecular weight excluding hydrogens is 383 g/mol. The number of nitrogens with one attached hydrogen (secondary N) is 3. The zero-order valence-electron chi connectivity index (χ0n) is 13.0. The lowest BCUT2D eigenvalue weighted by Gasteiger charge is -2.36. The number of hydrogen-bond donors (Lipinski definition) is 12. The number of ether oxygens (including phenoxy) is 3. The van der Waals surface area contributed by atoms with Gasteiger partial charge in [0.2, 0.25) is 0 Å². The lowest BCUT2D eigenvalue weighted by atomic mass is 11.1. The highest BCUT2D eigenvalue weighted by Gasteiger charge is 1.94. The van der Waals surface area contributed by atoms with E-state index in [4.69, 9.17) is 68.9 Å². The standard InChI is InChI=1S/3C2H6N4O.H3O4P/c3*3-1(4)7-2(5)6;1-5(2,3)4/h3*(H3,3,4)(H3,5,6);(H3,1,2,3,4). The average molecular weight is 404 g/mol. The molecule has 0 aliphatic rings. The Morgan fingerprint density at radius 2 is 0.769 bits per heavy atom. The van der Waals surface area contributed by atoms with Gasteiger partial charge in [0.05, 0.1) is 0 Å². The molecule has 0 aromatic carbocycles. The fraction of sp³-hybridized carbons (Fsp3) is 0. The zero-order valence-corrected chi connectivity index (χ0v) is 13.9. The Hall–Kier alpha value is -3.67. The van der Waals surface area contributed by atoms with Crippen molar-refractivity contribution in [1.82, 2.24) is 0 Å². The second-order valence-corrected chi connectivity index (χ2v) is 3.95. The first-order valence-corrected chi connectivity index (χ1v) is 6.76. The van der Waals surface area contributed by atoms with Crippen LogP contribution in [0.4, 0.5) is 0 Å². The topological polar surface area (TPSA) is 418 Å². The van der Waals surface area contributed by atoms with Crippen molar-refractivity contribution in [2.75, 3.05) is 0 Å². The van der Waals surface area contributed by atoms with Gasteiger partial charge in [-0.05, 0) is 0 Å². The van der Waals surface area contributed by atoms with Gasteiger partial charge in [0.15, 0.2) is 0 Å². The molecule has 0 fully saturated rings. The van der Waals surface area contributed by atoms with Crippen LogP contribution in [-0.4, -0.2) is 36.1 Å². The highest BCUT2D eigenvalue weighted by atomic mass is 31.2. The molecule has 0 unspecified atom stereocenters. The van der Waals surface area contributed by atoms with Gasteiger partial charge in [-0.25, -0.2) is 0 Å². The minimum absolute atomic E-state index is 0.312. The van der Waals surface area contributed by atoms with Crippen LogP contribution in [0.1, 0.15) is 0 Å². The Morgan fingerprint density at radius 3 is 0.769 bits per heavy atom. The first-order chi connectivity index (χ1) is 11.4. The summed E-state index contributed by atoms with van der Waals surface area (Å²) in [5.41, 5.74) is 28.3. The molecule has 0 saturated carbocycles. The summed E-state index contributed by atoms with van der Waals surface area (Å²) in [5, 5.41) is 33.4. The molecule has 0 spiro atoms. The van der Waals surface area contributed by atoms with Crippen LogP contribution in [0.25, 0.3) is 0 Å². The molecule has 152 valence electrons. The number of phosphoric acid groups is 1. The smallest absolute Gasteiger partial charge is 0.445 e. The van der Waals surface area contributed by atoms with E-state index in [1.807, 2.05) is 0 Å². The molecule has 0 atom stereocenters. The molecule has 0 radical (unpaired) electrons. The van der Waals surface area contributed by atoms with Gasteiger partial charge in [0, 0.05) is 0 Å². The van der Waals surface area contributed by atoms with Crippen LogP contribution < -0.4 is 65.3 Å². The zero-order chi connectivity index (χ0) is 22.1. The Kier molecular flexibility index (Phi) is 18.8. The maximum Gasteiger partial charge on any atom is 0.445 e. The summed E-state index contributed by atoms with van der Waals surface area (Å²) in [6.07, 6.45) is 0. The highest BCUT2D eigenvalue weighted by molar-refractivity contribution is 7.40.